The molecule has 1 aliphatic carbocycles. The number of ether oxygens (including phenoxy) is 1. The number of amides is 1. The van der Waals surface area contributed by atoms with E-state index in [0.717, 1.165) is 25.9 Å². The third-order valence-corrected chi connectivity index (χ3v) is 3.91. The number of nitrogens with zero attached hydrogens (tertiary/aromatic N) is 3. The summed E-state index contributed by atoms with van der Waals surface area (Å²) in [4.78, 5) is 20.6. The van der Waals surface area contributed by atoms with Crippen LogP contribution in [0, 0.1) is 0 Å². The average molecular weight is 438 g/mol. The summed E-state index contributed by atoms with van der Waals surface area (Å²) in [6, 6.07) is 0.321. The molecule has 1 saturated carbocycles. The predicted molar refractivity (Wildman–Crippen MR) is 103 cm³/mol. The van der Waals surface area contributed by atoms with Crippen LogP contribution in [-0.4, -0.2) is 59.7 Å². The van der Waals surface area contributed by atoms with Gasteiger partial charge in [-0.05, 0) is 52.9 Å². The highest BCUT2D eigenvalue weighted by atomic mass is 127. The number of rotatable bonds is 4. The molecule has 2 rings (SSSR count). The molecule has 0 aromatic heterocycles. The minimum atomic E-state index is -0.458. The van der Waals surface area contributed by atoms with Gasteiger partial charge in [0.15, 0.2) is 5.96 Å². The second-order valence-electron chi connectivity index (χ2n) is 7.19. The number of aliphatic imine (C=N–C) groups is 1. The summed E-state index contributed by atoms with van der Waals surface area (Å²) in [5.74, 6) is 0.611. The molecule has 23 heavy (non-hydrogen) atoms. The Hall–Kier alpha value is -0.730. The fourth-order valence-electron chi connectivity index (χ4n) is 2.62. The molecule has 2 N–H and O–H groups in total. The Morgan fingerprint density at radius 1 is 1.26 bits per heavy atom. The number of guanidine groups is 1. The zero-order valence-corrected chi connectivity index (χ0v) is 16.9. The molecule has 2 fully saturated rings. The summed E-state index contributed by atoms with van der Waals surface area (Å²) in [6.45, 7) is 8.78. The summed E-state index contributed by atoms with van der Waals surface area (Å²) in [5.41, 5.74) is 5.59. The molecule has 0 aromatic carbocycles. The van der Waals surface area contributed by atoms with Gasteiger partial charge in [0.2, 0.25) is 0 Å². The molecule has 0 atom stereocenters. The minimum Gasteiger partial charge on any atom is -0.444 e. The Morgan fingerprint density at radius 2 is 1.87 bits per heavy atom. The van der Waals surface area contributed by atoms with Crippen molar-refractivity contribution in [3.8, 4) is 0 Å². The van der Waals surface area contributed by atoms with E-state index in [-0.39, 0.29) is 30.1 Å². The van der Waals surface area contributed by atoms with Crippen molar-refractivity contribution < 1.29 is 9.53 Å². The molecule has 0 spiro atoms. The molecular weight excluding hydrogens is 407 g/mol. The van der Waals surface area contributed by atoms with Crippen molar-refractivity contribution in [2.24, 2.45) is 10.7 Å². The number of hydrogen-bond acceptors (Lipinski definition) is 3. The van der Waals surface area contributed by atoms with Crippen molar-refractivity contribution in [2.45, 2.75) is 64.5 Å². The van der Waals surface area contributed by atoms with Gasteiger partial charge in [-0.25, -0.2) is 4.79 Å². The van der Waals surface area contributed by atoms with Crippen LogP contribution in [0.4, 0.5) is 4.79 Å². The van der Waals surface area contributed by atoms with E-state index in [9.17, 15) is 4.79 Å². The Labute approximate surface area is 156 Å². The van der Waals surface area contributed by atoms with Crippen LogP contribution in [0.3, 0.4) is 0 Å². The quantitative estimate of drug-likeness (QED) is 0.416. The lowest BCUT2D eigenvalue weighted by molar-refractivity contribution is 0.0240. The number of hydrogen-bond donors (Lipinski definition) is 1. The van der Waals surface area contributed by atoms with Gasteiger partial charge in [-0.1, -0.05) is 0 Å². The first-order valence-corrected chi connectivity index (χ1v) is 8.41. The Balaban J connectivity index is 0.00000264. The summed E-state index contributed by atoms with van der Waals surface area (Å²) < 4.78 is 5.47. The molecule has 2 aliphatic rings. The first-order chi connectivity index (χ1) is 10.4. The molecule has 6 nitrogen and oxygen atoms in total. The summed E-state index contributed by atoms with van der Waals surface area (Å²) in [5, 5.41) is 0. The molecule has 0 radical (unpaired) electrons. The van der Waals surface area contributed by atoms with Gasteiger partial charge >= 0.3 is 6.09 Å². The second-order valence-corrected chi connectivity index (χ2v) is 7.19. The van der Waals surface area contributed by atoms with Crippen LogP contribution in [0.2, 0.25) is 0 Å². The lowest BCUT2D eigenvalue weighted by atomic mass is 10.1. The van der Waals surface area contributed by atoms with Gasteiger partial charge in [0.1, 0.15) is 5.60 Å². The van der Waals surface area contributed by atoms with E-state index >= 15 is 0 Å². The van der Waals surface area contributed by atoms with Gasteiger partial charge in [-0.3, -0.25) is 4.99 Å². The Kier molecular flexibility index (Phi) is 7.89. The highest BCUT2D eigenvalue weighted by Gasteiger charge is 2.34. The largest absolute Gasteiger partial charge is 0.444 e. The van der Waals surface area contributed by atoms with Gasteiger partial charge in [-0.15, -0.1) is 24.0 Å². The monoisotopic (exact) mass is 438 g/mol. The molecule has 1 aliphatic heterocycles. The maximum absolute atomic E-state index is 12.2. The van der Waals surface area contributed by atoms with Crippen molar-refractivity contribution in [1.29, 1.82) is 0 Å². The molecule has 134 valence electrons. The highest BCUT2D eigenvalue weighted by molar-refractivity contribution is 14.0. The lowest BCUT2D eigenvalue weighted by Crippen LogP contribution is -2.42. The van der Waals surface area contributed by atoms with Gasteiger partial charge < -0.3 is 20.3 Å². The molecule has 0 bridgehead atoms. The summed E-state index contributed by atoms with van der Waals surface area (Å²) in [7, 11) is 0. The van der Waals surface area contributed by atoms with Crippen molar-refractivity contribution >= 4 is 36.0 Å². The van der Waals surface area contributed by atoms with Crippen molar-refractivity contribution in [2.75, 3.05) is 26.2 Å². The zero-order valence-electron chi connectivity index (χ0n) is 14.6. The van der Waals surface area contributed by atoms with E-state index in [1.54, 1.807) is 4.90 Å². The second kappa shape index (κ2) is 8.94. The third-order valence-electron chi connectivity index (χ3n) is 3.91. The normalized spacial score (nSPS) is 19.1. The zero-order chi connectivity index (χ0) is 16.2. The highest BCUT2D eigenvalue weighted by Crippen LogP contribution is 2.28. The van der Waals surface area contributed by atoms with E-state index in [1.165, 1.54) is 19.3 Å². The number of likely N-dealkylation sites (tertiary alicyclic amines) is 1. The Morgan fingerprint density at radius 3 is 2.39 bits per heavy atom. The number of carbonyl (C=O) groups is 1. The van der Waals surface area contributed by atoms with Crippen LogP contribution in [0.25, 0.3) is 0 Å². The molecule has 0 unspecified atom stereocenters. The maximum Gasteiger partial charge on any atom is 0.410 e. The minimum absolute atomic E-state index is 0. The first kappa shape index (κ1) is 20.3. The lowest BCUT2D eigenvalue weighted by Gasteiger charge is -2.28. The van der Waals surface area contributed by atoms with E-state index in [0.29, 0.717) is 25.1 Å². The van der Waals surface area contributed by atoms with E-state index in [4.69, 9.17) is 10.5 Å². The van der Waals surface area contributed by atoms with E-state index in [1.807, 2.05) is 20.8 Å². The predicted octanol–water partition coefficient (Wildman–Crippen LogP) is 2.80. The molecular formula is C16H31IN4O2. The first-order valence-electron chi connectivity index (χ1n) is 8.41. The fourth-order valence-corrected chi connectivity index (χ4v) is 2.62. The smallest absolute Gasteiger partial charge is 0.410 e. The number of halogens is 1. The van der Waals surface area contributed by atoms with Crippen molar-refractivity contribution in [3.63, 3.8) is 0 Å². The molecule has 1 amide bonds. The van der Waals surface area contributed by atoms with E-state index < -0.39 is 5.60 Å². The average Bonchev–Trinajstić information content (AvgIpc) is 3.26. The van der Waals surface area contributed by atoms with Gasteiger partial charge in [0.05, 0.1) is 6.54 Å². The van der Waals surface area contributed by atoms with Crippen LogP contribution < -0.4 is 5.73 Å². The van der Waals surface area contributed by atoms with Crippen molar-refractivity contribution in [1.82, 2.24) is 9.80 Å². The summed E-state index contributed by atoms with van der Waals surface area (Å²) >= 11 is 0. The van der Waals surface area contributed by atoms with Crippen LogP contribution in [-0.2, 0) is 4.74 Å². The number of carbonyl (C=O) groups excluding carboxylic acids is 1. The molecule has 7 heteroatoms. The third kappa shape index (κ3) is 7.14. The topological polar surface area (TPSA) is 71.2 Å². The molecule has 1 heterocycles. The van der Waals surface area contributed by atoms with E-state index in [2.05, 4.69) is 9.89 Å². The van der Waals surface area contributed by atoms with Crippen molar-refractivity contribution in [3.05, 3.63) is 0 Å². The standard InChI is InChI=1S/C16H30N4O2.HI/c1-16(2,3)22-15(21)20(13-7-8-13)12-9-18-14(17)19-10-5-4-6-11-19;/h13H,4-12H2,1-3H3,(H2,17,18);1H. The van der Waals surface area contributed by atoms with Gasteiger partial charge in [0, 0.05) is 25.7 Å². The van der Waals surface area contributed by atoms with Crippen LogP contribution >= 0.6 is 24.0 Å². The fraction of sp³-hybridized carbons (Fsp3) is 0.875. The Bertz CT molecular complexity index is 413. The SMILES string of the molecule is CC(C)(C)OC(=O)N(CCN=C(N)N1CCCCC1)C1CC1.I. The van der Waals surface area contributed by atoms with Crippen LogP contribution in [0.1, 0.15) is 52.9 Å². The van der Waals surface area contributed by atoms with Gasteiger partial charge in [0.25, 0.3) is 0 Å². The maximum atomic E-state index is 12.2. The molecule has 0 aromatic rings. The number of piperidine rings is 1. The number of nitrogens with two attached hydrogens (primary N) is 1. The van der Waals surface area contributed by atoms with Crippen LogP contribution in [0.5, 0.6) is 0 Å². The molecule has 1 saturated heterocycles. The van der Waals surface area contributed by atoms with Gasteiger partial charge in [-0.2, -0.15) is 0 Å². The summed E-state index contributed by atoms with van der Waals surface area (Å²) in [6.07, 6.45) is 5.53. The van der Waals surface area contributed by atoms with Crippen LogP contribution in [0.15, 0.2) is 4.99 Å².